The van der Waals surface area contributed by atoms with Gasteiger partial charge in [-0.3, -0.25) is 0 Å². The van der Waals surface area contributed by atoms with Crippen molar-refractivity contribution in [2.45, 2.75) is 6.61 Å². The van der Waals surface area contributed by atoms with E-state index in [0.29, 0.717) is 11.4 Å². The average molecular weight is 342 g/mol. The van der Waals surface area contributed by atoms with Gasteiger partial charge in [0.2, 0.25) is 0 Å². The van der Waals surface area contributed by atoms with Gasteiger partial charge < -0.3 is 15.2 Å². The van der Waals surface area contributed by atoms with Crippen molar-refractivity contribution in [2.24, 2.45) is 0 Å². The molecule has 0 aliphatic heterocycles. The molecule has 100 valence electrons. The van der Waals surface area contributed by atoms with Gasteiger partial charge in [-0.05, 0) is 34.1 Å². The minimum absolute atomic E-state index is 0.129. The molecule has 0 saturated carbocycles. The number of ether oxygens (including phenoxy) is 2. The summed E-state index contributed by atoms with van der Waals surface area (Å²) in [4.78, 5) is 12.5. The summed E-state index contributed by atoms with van der Waals surface area (Å²) in [5.74, 6) is 0.141. The Balaban J connectivity index is 1.75. The monoisotopic (exact) mass is 341 g/mol. The number of anilines is 1. The molecule has 0 radical (unpaired) electrons. The van der Waals surface area contributed by atoms with E-state index in [9.17, 15) is 4.79 Å². The van der Waals surface area contributed by atoms with Crippen LogP contribution in [0.1, 0.15) is 4.88 Å². The molecule has 0 unspecified atom stereocenters. The van der Waals surface area contributed by atoms with E-state index in [1.165, 1.54) is 11.3 Å². The van der Waals surface area contributed by atoms with Gasteiger partial charge in [-0.1, -0.05) is 6.07 Å². The maximum Gasteiger partial charge on any atom is 0.344 e. The Hall–Kier alpha value is -1.53. The highest BCUT2D eigenvalue weighted by atomic mass is 79.9. The van der Waals surface area contributed by atoms with E-state index in [4.69, 9.17) is 15.2 Å². The van der Waals surface area contributed by atoms with Crippen LogP contribution in [0.15, 0.2) is 40.2 Å². The first-order valence-electron chi connectivity index (χ1n) is 5.50. The van der Waals surface area contributed by atoms with Crippen molar-refractivity contribution < 1.29 is 14.3 Å². The molecule has 2 N–H and O–H groups in total. The van der Waals surface area contributed by atoms with Crippen molar-refractivity contribution in [1.82, 2.24) is 0 Å². The molecule has 0 bridgehead atoms. The van der Waals surface area contributed by atoms with E-state index < -0.39 is 5.97 Å². The summed E-state index contributed by atoms with van der Waals surface area (Å²) in [7, 11) is 0. The number of carbonyl (C=O) groups excluding carboxylic acids is 1. The molecule has 0 spiro atoms. The summed E-state index contributed by atoms with van der Waals surface area (Å²) >= 11 is 4.87. The zero-order valence-corrected chi connectivity index (χ0v) is 12.4. The largest absolute Gasteiger partial charge is 0.482 e. The van der Waals surface area contributed by atoms with Crippen molar-refractivity contribution in [1.29, 1.82) is 0 Å². The quantitative estimate of drug-likeness (QED) is 0.670. The maximum absolute atomic E-state index is 11.5. The van der Waals surface area contributed by atoms with Gasteiger partial charge in [-0.2, -0.15) is 0 Å². The molecule has 0 fully saturated rings. The summed E-state index contributed by atoms with van der Waals surface area (Å²) in [6, 6.07) is 8.82. The minimum Gasteiger partial charge on any atom is -0.482 e. The molecule has 1 heterocycles. The van der Waals surface area contributed by atoms with Gasteiger partial charge >= 0.3 is 5.97 Å². The Bertz CT molecular complexity index is 571. The van der Waals surface area contributed by atoms with Gasteiger partial charge in [0.15, 0.2) is 6.61 Å². The van der Waals surface area contributed by atoms with Crippen LogP contribution in [0.4, 0.5) is 5.69 Å². The third-order valence-electron chi connectivity index (χ3n) is 2.21. The fourth-order valence-electron chi connectivity index (χ4n) is 1.37. The number of nitrogens with two attached hydrogens (primary N) is 1. The highest BCUT2D eigenvalue weighted by Crippen LogP contribution is 2.20. The van der Waals surface area contributed by atoms with Crippen LogP contribution in [0.3, 0.4) is 0 Å². The van der Waals surface area contributed by atoms with E-state index in [1.54, 1.807) is 24.3 Å². The van der Waals surface area contributed by atoms with Crippen molar-refractivity contribution in [2.75, 3.05) is 12.3 Å². The Morgan fingerprint density at radius 3 is 2.89 bits per heavy atom. The first-order valence-corrected chi connectivity index (χ1v) is 7.17. The third kappa shape index (κ3) is 4.57. The van der Waals surface area contributed by atoms with Crippen LogP contribution in [-0.4, -0.2) is 12.6 Å². The van der Waals surface area contributed by atoms with Crippen molar-refractivity contribution >= 4 is 38.9 Å². The van der Waals surface area contributed by atoms with Crippen molar-refractivity contribution in [3.63, 3.8) is 0 Å². The van der Waals surface area contributed by atoms with Crippen LogP contribution in [-0.2, 0) is 16.1 Å². The Labute approximate surface area is 123 Å². The molecule has 0 aliphatic carbocycles. The first-order chi connectivity index (χ1) is 9.13. The molecule has 2 aromatic rings. The molecule has 0 atom stereocenters. The lowest BCUT2D eigenvalue weighted by atomic mass is 10.3. The molecular formula is C13H12BrNO3S. The number of carbonyl (C=O) groups is 1. The van der Waals surface area contributed by atoms with Crippen LogP contribution in [0.5, 0.6) is 5.75 Å². The van der Waals surface area contributed by atoms with Crippen LogP contribution >= 0.6 is 27.3 Å². The number of benzene rings is 1. The second-order valence-corrected chi connectivity index (χ2v) is 5.66. The second-order valence-electron chi connectivity index (χ2n) is 3.75. The van der Waals surface area contributed by atoms with Crippen LogP contribution in [0, 0.1) is 0 Å². The fraction of sp³-hybridized carbons (Fsp3) is 0.154. The number of esters is 1. The SMILES string of the molecule is Nc1cccc(OCC(=O)OCc2cc(Br)cs2)c1. The Morgan fingerprint density at radius 1 is 1.37 bits per heavy atom. The summed E-state index contributed by atoms with van der Waals surface area (Å²) in [6.45, 7) is 0.130. The molecule has 4 nitrogen and oxygen atoms in total. The van der Waals surface area contributed by atoms with E-state index in [2.05, 4.69) is 15.9 Å². The number of hydrogen-bond donors (Lipinski definition) is 1. The van der Waals surface area contributed by atoms with Gasteiger partial charge in [0.25, 0.3) is 0 Å². The van der Waals surface area contributed by atoms with Gasteiger partial charge in [0.1, 0.15) is 12.4 Å². The van der Waals surface area contributed by atoms with E-state index >= 15 is 0 Å². The number of nitrogen functional groups attached to an aromatic ring is 1. The molecule has 1 aromatic carbocycles. The minimum atomic E-state index is -0.410. The summed E-state index contributed by atoms with van der Waals surface area (Å²) < 4.78 is 11.4. The summed E-state index contributed by atoms with van der Waals surface area (Å²) in [5.41, 5.74) is 6.19. The molecule has 6 heteroatoms. The molecule has 2 rings (SSSR count). The maximum atomic E-state index is 11.5. The lowest BCUT2D eigenvalue weighted by Gasteiger charge is -2.06. The van der Waals surface area contributed by atoms with Gasteiger partial charge in [0.05, 0.1) is 0 Å². The fourth-order valence-corrected chi connectivity index (χ4v) is 2.73. The lowest BCUT2D eigenvalue weighted by molar-refractivity contribution is -0.147. The van der Waals surface area contributed by atoms with Gasteiger partial charge in [0, 0.05) is 26.5 Å². The number of halogens is 1. The van der Waals surface area contributed by atoms with Crippen molar-refractivity contribution in [3.05, 3.63) is 45.1 Å². The van der Waals surface area contributed by atoms with Crippen LogP contribution in [0.25, 0.3) is 0 Å². The molecule has 0 saturated heterocycles. The van der Waals surface area contributed by atoms with E-state index in [0.717, 1.165) is 9.35 Å². The number of hydrogen-bond acceptors (Lipinski definition) is 5. The molecule has 0 aliphatic rings. The molecule has 19 heavy (non-hydrogen) atoms. The van der Waals surface area contributed by atoms with Crippen LogP contribution in [0.2, 0.25) is 0 Å². The number of thiophene rings is 1. The van der Waals surface area contributed by atoms with Gasteiger partial charge in [-0.25, -0.2) is 4.79 Å². The first kappa shape index (κ1) is 13.9. The Kier molecular flexibility index (Phi) is 4.81. The normalized spacial score (nSPS) is 10.2. The second kappa shape index (κ2) is 6.58. The summed E-state index contributed by atoms with van der Waals surface area (Å²) in [6.07, 6.45) is 0. The lowest BCUT2D eigenvalue weighted by Crippen LogP contribution is -2.14. The summed E-state index contributed by atoms with van der Waals surface area (Å²) in [5, 5.41) is 1.94. The Morgan fingerprint density at radius 2 is 2.21 bits per heavy atom. The molecule has 1 aromatic heterocycles. The predicted octanol–water partition coefficient (Wildman–Crippen LogP) is 3.22. The number of rotatable bonds is 5. The third-order valence-corrected chi connectivity index (χ3v) is 3.88. The predicted molar refractivity (Wildman–Crippen MR) is 78.2 cm³/mol. The van der Waals surface area contributed by atoms with Crippen LogP contribution < -0.4 is 10.5 Å². The zero-order valence-electron chi connectivity index (χ0n) is 9.97. The highest BCUT2D eigenvalue weighted by molar-refractivity contribution is 9.10. The van der Waals surface area contributed by atoms with Crippen molar-refractivity contribution in [3.8, 4) is 5.75 Å². The molecular weight excluding hydrogens is 330 g/mol. The average Bonchev–Trinajstić information content (AvgIpc) is 2.80. The van der Waals surface area contributed by atoms with Gasteiger partial charge in [-0.15, -0.1) is 11.3 Å². The standard InChI is InChI=1S/C13H12BrNO3S/c14-9-4-12(19-8-9)6-18-13(16)7-17-11-3-1-2-10(15)5-11/h1-5,8H,6-7,15H2. The van der Waals surface area contributed by atoms with E-state index in [1.807, 2.05) is 11.4 Å². The van der Waals surface area contributed by atoms with E-state index in [-0.39, 0.29) is 13.2 Å². The molecule has 0 amide bonds. The zero-order chi connectivity index (χ0) is 13.7. The smallest absolute Gasteiger partial charge is 0.344 e. The highest BCUT2D eigenvalue weighted by Gasteiger charge is 2.06. The topological polar surface area (TPSA) is 61.5 Å².